The SMILES string of the molecule is COCNC(=O)c1nn(-c2ccc(N3CCOCC3)c(F)c2F)cc(COC)c1=O. The Morgan fingerprint density at radius 2 is 1.83 bits per heavy atom. The molecular weight excluding hydrogens is 402 g/mol. The van der Waals surface area contributed by atoms with Crippen molar-refractivity contribution in [3.63, 3.8) is 0 Å². The summed E-state index contributed by atoms with van der Waals surface area (Å²) in [6, 6.07) is 2.77. The maximum atomic E-state index is 14.9. The molecule has 0 saturated carbocycles. The molecule has 0 aliphatic carbocycles. The highest BCUT2D eigenvalue weighted by molar-refractivity contribution is 5.92. The Morgan fingerprint density at radius 3 is 2.50 bits per heavy atom. The zero-order valence-corrected chi connectivity index (χ0v) is 16.6. The van der Waals surface area contributed by atoms with Crippen molar-refractivity contribution in [2.75, 3.05) is 52.2 Å². The summed E-state index contributed by atoms with van der Waals surface area (Å²) in [5.41, 5.74) is -1.24. The number of methoxy groups -OCH3 is 2. The average Bonchev–Trinajstić information content (AvgIpc) is 2.76. The molecule has 1 aliphatic heterocycles. The Labute approximate surface area is 171 Å². The molecule has 0 atom stereocenters. The van der Waals surface area contributed by atoms with E-state index in [4.69, 9.17) is 14.2 Å². The van der Waals surface area contributed by atoms with Crippen LogP contribution in [0.1, 0.15) is 16.1 Å². The third-order valence-electron chi connectivity index (χ3n) is 4.52. The second-order valence-corrected chi connectivity index (χ2v) is 6.48. The summed E-state index contributed by atoms with van der Waals surface area (Å²) in [5, 5.41) is 6.27. The third-order valence-corrected chi connectivity index (χ3v) is 4.52. The predicted molar refractivity (Wildman–Crippen MR) is 103 cm³/mol. The van der Waals surface area contributed by atoms with Crippen molar-refractivity contribution in [3.05, 3.63) is 51.4 Å². The van der Waals surface area contributed by atoms with E-state index in [9.17, 15) is 18.4 Å². The highest BCUT2D eigenvalue weighted by atomic mass is 19.2. The van der Waals surface area contributed by atoms with Crippen LogP contribution in [-0.4, -0.2) is 62.9 Å². The lowest BCUT2D eigenvalue weighted by Gasteiger charge is -2.29. The predicted octanol–water partition coefficient (Wildman–Crippen LogP) is 0.827. The number of nitrogens with one attached hydrogen (secondary N) is 1. The normalized spacial score (nSPS) is 14.1. The van der Waals surface area contributed by atoms with Crippen molar-refractivity contribution in [3.8, 4) is 5.69 Å². The van der Waals surface area contributed by atoms with E-state index >= 15 is 0 Å². The molecule has 2 aromatic rings. The van der Waals surface area contributed by atoms with Crippen molar-refractivity contribution < 1.29 is 27.8 Å². The maximum absolute atomic E-state index is 14.9. The molecule has 0 radical (unpaired) electrons. The Balaban J connectivity index is 2.05. The molecule has 3 rings (SSSR count). The molecule has 9 nitrogen and oxygen atoms in total. The van der Waals surface area contributed by atoms with E-state index in [0.29, 0.717) is 26.3 Å². The number of carbonyl (C=O) groups excluding carboxylic acids is 1. The largest absolute Gasteiger partial charge is 0.380 e. The number of benzene rings is 1. The van der Waals surface area contributed by atoms with Gasteiger partial charge in [0.15, 0.2) is 17.3 Å². The molecular formula is C19H22F2N4O5. The van der Waals surface area contributed by atoms with Gasteiger partial charge >= 0.3 is 0 Å². The number of halogens is 2. The molecule has 2 heterocycles. The first-order valence-corrected chi connectivity index (χ1v) is 9.18. The third kappa shape index (κ3) is 4.48. The van der Waals surface area contributed by atoms with Gasteiger partial charge in [-0.15, -0.1) is 0 Å². The van der Waals surface area contributed by atoms with Crippen molar-refractivity contribution in [1.29, 1.82) is 0 Å². The number of hydrogen-bond acceptors (Lipinski definition) is 7. The zero-order valence-electron chi connectivity index (χ0n) is 16.6. The van der Waals surface area contributed by atoms with Crippen LogP contribution in [0, 0.1) is 11.6 Å². The Bertz CT molecular complexity index is 976. The molecule has 1 saturated heterocycles. The van der Waals surface area contributed by atoms with Gasteiger partial charge in [0.25, 0.3) is 5.91 Å². The topological polar surface area (TPSA) is 94.9 Å². The monoisotopic (exact) mass is 424 g/mol. The number of anilines is 1. The van der Waals surface area contributed by atoms with Gasteiger partial charge in [0, 0.05) is 39.1 Å². The van der Waals surface area contributed by atoms with Gasteiger partial charge in [-0.2, -0.15) is 5.10 Å². The van der Waals surface area contributed by atoms with Crippen LogP contribution in [0.3, 0.4) is 0 Å². The average molecular weight is 424 g/mol. The molecule has 0 bridgehead atoms. The minimum atomic E-state index is -1.15. The van der Waals surface area contributed by atoms with Gasteiger partial charge in [-0.05, 0) is 12.1 Å². The lowest BCUT2D eigenvalue weighted by Crippen LogP contribution is -2.37. The van der Waals surface area contributed by atoms with Gasteiger partial charge in [0.05, 0.1) is 25.5 Å². The molecule has 1 amide bonds. The molecule has 1 aromatic carbocycles. The first-order valence-electron chi connectivity index (χ1n) is 9.18. The van der Waals surface area contributed by atoms with Crippen LogP contribution in [-0.2, 0) is 20.8 Å². The summed E-state index contributed by atoms with van der Waals surface area (Å²) in [6.07, 6.45) is 1.21. The highest BCUT2D eigenvalue weighted by Crippen LogP contribution is 2.26. The van der Waals surface area contributed by atoms with Crippen LogP contribution in [0.5, 0.6) is 0 Å². The second-order valence-electron chi connectivity index (χ2n) is 6.48. The van der Waals surface area contributed by atoms with Crippen LogP contribution in [0.15, 0.2) is 23.1 Å². The van der Waals surface area contributed by atoms with Crippen molar-refractivity contribution >= 4 is 11.6 Å². The number of carbonyl (C=O) groups is 1. The summed E-state index contributed by atoms with van der Waals surface area (Å²) in [7, 11) is 2.73. The van der Waals surface area contributed by atoms with Crippen molar-refractivity contribution in [2.45, 2.75) is 6.61 Å². The van der Waals surface area contributed by atoms with Gasteiger partial charge in [-0.1, -0.05) is 0 Å². The fourth-order valence-electron chi connectivity index (χ4n) is 3.05. The minimum Gasteiger partial charge on any atom is -0.380 e. The van der Waals surface area contributed by atoms with E-state index in [1.807, 2.05) is 0 Å². The lowest BCUT2D eigenvalue weighted by atomic mass is 10.2. The number of morpholine rings is 1. The molecule has 1 aliphatic rings. The summed E-state index contributed by atoms with van der Waals surface area (Å²) < 4.78 is 45.7. The van der Waals surface area contributed by atoms with Gasteiger partial charge in [0.2, 0.25) is 5.43 Å². The molecule has 30 heavy (non-hydrogen) atoms. The van der Waals surface area contributed by atoms with E-state index in [2.05, 4.69) is 10.4 Å². The number of ether oxygens (including phenoxy) is 3. The van der Waals surface area contributed by atoms with Crippen LogP contribution in [0.25, 0.3) is 5.69 Å². The van der Waals surface area contributed by atoms with E-state index < -0.39 is 28.7 Å². The van der Waals surface area contributed by atoms with Crippen LogP contribution in [0.2, 0.25) is 0 Å². The van der Waals surface area contributed by atoms with Crippen molar-refractivity contribution in [1.82, 2.24) is 15.1 Å². The first-order chi connectivity index (χ1) is 14.5. The molecule has 0 spiro atoms. The fraction of sp³-hybridized carbons (Fsp3) is 0.421. The van der Waals surface area contributed by atoms with Gasteiger partial charge in [-0.25, -0.2) is 13.5 Å². The Kier molecular flexibility index (Phi) is 7.08. The quantitative estimate of drug-likeness (QED) is 0.658. The van der Waals surface area contributed by atoms with Crippen LogP contribution >= 0.6 is 0 Å². The van der Waals surface area contributed by atoms with E-state index in [1.165, 1.54) is 32.5 Å². The van der Waals surface area contributed by atoms with E-state index in [-0.39, 0.29) is 30.3 Å². The summed E-state index contributed by atoms with van der Waals surface area (Å²) in [6.45, 7) is 1.43. The van der Waals surface area contributed by atoms with Crippen LogP contribution in [0.4, 0.5) is 14.5 Å². The zero-order chi connectivity index (χ0) is 21.7. The number of nitrogens with zero attached hydrogens (tertiary/aromatic N) is 3. The molecule has 1 N–H and O–H groups in total. The summed E-state index contributed by atoms with van der Waals surface area (Å²) >= 11 is 0. The number of aromatic nitrogens is 2. The van der Waals surface area contributed by atoms with E-state index in [1.54, 1.807) is 4.90 Å². The Hall–Kier alpha value is -2.89. The number of rotatable bonds is 7. The number of amides is 1. The molecule has 1 fully saturated rings. The first kappa shape index (κ1) is 21.8. The second kappa shape index (κ2) is 9.74. The molecule has 1 aromatic heterocycles. The Morgan fingerprint density at radius 1 is 1.17 bits per heavy atom. The summed E-state index contributed by atoms with van der Waals surface area (Å²) in [4.78, 5) is 26.5. The minimum absolute atomic E-state index is 0.0622. The molecule has 0 unspecified atom stereocenters. The number of hydrogen-bond donors (Lipinski definition) is 1. The maximum Gasteiger partial charge on any atom is 0.277 e. The smallest absolute Gasteiger partial charge is 0.277 e. The van der Waals surface area contributed by atoms with Gasteiger partial charge < -0.3 is 24.4 Å². The molecule has 162 valence electrons. The lowest BCUT2D eigenvalue weighted by molar-refractivity contribution is 0.0863. The fourth-order valence-corrected chi connectivity index (χ4v) is 3.05. The van der Waals surface area contributed by atoms with Gasteiger partial charge in [-0.3, -0.25) is 9.59 Å². The van der Waals surface area contributed by atoms with Gasteiger partial charge in [0.1, 0.15) is 12.4 Å². The highest BCUT2D eigenvalue weighted by Gasteiger charge is 2.23. The molecule has 11 heteroatoms. The standard InChI is InChI=1S/C19H22F2N4O5/c1-28-10-12-9-25(23-17(18(12)26)19(27)22-11-29-2)14-4-3-13(15(20)16(14)21)24-5-7-30-8-6-24/h3-4,9H,5-8,10-11H2,1-2H3,(H,22,27). The van der Waals surface area contributed by atoms with E-state index in [0.717, 1.165) is 4.68 Å². The van der Waals surface area contributed by atoms with Crippen molar-refractivity contribution in [2.24, 2.45) is 0 Å². The summed E-state index contributed by atoms with van der Waals surface area (Å²) in [5.74, 6) is -3.00. The van der Waals surface area contributed by atoms with Crippen LogP contribution < -0.4 is 15.6 Å².